The fourth-order valence-electron chi connectivity index (χ4n) is 3.96. The molecule has 0 amide bonds. The molecule has 1 fully saturated rings. The molecular formula is C18H27NO. The highest BCUT2D eigenvalue weighted by atomic mass is 16.5. The van der Waals surface area contributed by atoms with Crippen molar-refractivity contribution in [2.45, 2.75) is 64.0 Å². The van der Waals surface area contributed by atoms with Crippen molar-refractivity contribution in [3.63, 3.8) is 0 Å². The fraction of sp³-hybridized carbons (Fsp3) is 0.667. The van der Waals surface area contributed by atoms with Crippen LogP contribution in [0.1, 0.15) is 64.0 Å². The van der Waals surface area contributed by atoms with Crippen molar-refractivity contribution in [3.8, 4) is 5.75 Å². The van der Waals surface area contributed by atoms with Gasteiger partial charge >= 0.3 is 0 Å². The van der Waals surface area contributed by atoms with Gasteiger partial charge in [-0.05, 0) is 44.2 Å². The number of fused-ring (bicyclic) bond motifs is 1. The van der Waals surface area contributed by atoms with Gasteiger partial charge in [0, 0.05) is 18.0 Å². The van der Waals surface area contributed by atoms with E-state index in [4.69, 9.17) is 4.74 Å². The van der Waals surface area contributed by atoms with Crippen LogP contribution in [0.25, 0.3) is 0 Å². The fourth-order valence-corrected chi connectivity index (χ4v) is 3.96. The van der Waals surface area contributed by atoms with Crippen LogP contribution in [0.3, 0.4) is 0 Å². The maximum atomic E-state index is 6.49. The molecule has 0 saturated heterocycles. The second-order valence-electron chi connectivity index (χ2n) is 6.49. The van der Waals surface area contributed by atoms with E-state index in [9.17, 15) is 0 Å². The third-order valence-corrected chi connectivity index (χ3v) is 5.24. The maximum absolute atomic E-state index is 6.49. The number of rotatable bonds is 3. The number of benzene rings is 1. The Labute approximate surface area is 122 Å². The number of para-hydroxylation sites is 1. The van der Waals surface area contributed by atoms with Crippen LogP contribution in [0.4, 0.5) is 0 Å². The lowest BCUT2D eigenvalue weighted by Gasteiger charge is -2.46. The molecule has 110 valence electrons. The minimum Gasteiger partial charge on any atom is -0.487 e. The molecule has 2 heteroatoms. The van der Waals surface area contributed by atoms with E-state index in [-0.39, 0.29) is 5.60 Å². The number of hydrogen-bond donors (Lipinski definition) is 1. The van der Waals surface area contributed by atoms with Crippen molar-refractivity contribution in [3.05, 3.63) is 29.8 Å². The van der Waals surface area contributed by atoms with Crippen LogP contribution < -0.4 is 10.1 Å². The molecule has 2 nitrogen and oxygen atoms in total. The van der Waals surface area contributed by atoms with E-state index < -0.39 is 0 Å². The predicted octanol–water partition coefficient (Wildman–Crippen LogP) is 4.46. The molecule has 0 bridgehead atoms. The Kier molecular flexibility index (Phi) is 4.02. The van der Waals surface area contributed by atoms with Gasteiger partial charge in [0.1, 0.15) is 11.4 Å². The first-order valence-corrected chi connectivity index (χ1v) is 8.27. The number of ether oxygens (including phenoxy) is 1. The Morgan fingerprint density at radius 1 is 1.20 bits per heavy atom. The summed E-state index contributed by atoms with van der Waals surface area (Å²) in [7, 11) is 0. The summed E-state index contributed by atoms with van der Waals surface area (Å²) in [5.41, 5.74) is 1.44. The first-order chi connectivity index (χ1) is 9.76. The Morgan fingerprint density at radius 3 is 2.65 bits per heavy atom. The molecule has 20 heavy (non-hydrogen) atoms. The summed E-state index contributed by atoms with van der Waals surface area (Å²) in [4.78, 5) is 0. The third-order valence-electron chi connectivity index (χ3n) is 5.24. The van der Waals surface area contributed by atoms with Crippen LogP contribution in [-0.2, 0) is 0 Å². The summed E-state index contributed by atoms with van der Waals surface area (Å²) < 4.78 is 6.49. The van der Waals surface area contributed by atoms with Crippen molar-refractivity contribution in [1.82, 2.24) is 5.32 Å². The topological polar surface area (TPSA) is 21.3 Å². The summed E-state index contributed by atoms with van der Waals surface area (Å²) in [6.07, 6.45) is 7.57. The summed E-state index contributed by atoms with van der Waals surface area (Å²) in [5, 5.41) is 3.66. The molecule has 1 atom stereocenters. The zero-order valence-electron chi connectivity index (χ0n) is 12.8. The third kappa shape index (κ3) is 2.58. The highest BCUT2D eigenvalue weighted by Gasteiger charge is 2.42. The highest BCUT2D eigenvalue weighted by Crippen LogP contribution is 2.47. The minimum absolute atomic E-state index is 0.0901. The lowest BCUT2D eigenvalue weighted by molar-refractivity contribution is -0.0149. The van der Waals surface area contributed by atoms with Crippen molar-refractivity contribution in [1.29, 1.82) is 0 Å². The average Bonchev–Trinajstić information content (AvgIpc) is 2.48. The summed E-state index contributed by atoms with van der Waals surface area (Å²) in [6.45, 7) is 5.53. The number of nitrogens with one attached hydrogen (secondary N) is 1. The first kappa shape index (κ1) is 13.9. The Balaban J connectivity index is 1.83. The molecule has 1 aliphatic heterocycles. The second kappa shape index (κ2) is 5.77. The molecular weight excluding hydrogens is 246 g/mol. The molecule has 1 spiro atoms. The summed E-state index contributed by atoms with van der Waals surface area (Å²) in [6, 6.07) is 9.04. The van der Waals surface area contributed by atoms with Crippen LogP contribution >= 0.6 is 0 Å². The van der Waals surface area contributed by atoms with E-state index in [1.54, 1.807) is 0 Å². The quantitative estimate of drug-likeness (QED) is 0.878. The molecule has 1 N–H and O–H groups in total. The van der Waals surface area contributed by atoms with Gasteiger partial charge in [0.05, 0.1) is 0 Å². The van der Waals surface area contributed by atoms with E-state index in [2.05, 4.69) is 43.4 Å². The Morgan fingerprint density at radius 2 is 1.95 bits per heavy atom. The van der Waals surface area contributed by atoms with Crippen LogP contribution in [0, 0.1) is 5.92 Å². The normalized spacial score (nSPS) is 32.7. The van der Waals surface area contributed by atoms with Gasteiger partial charge in [0.15, 0.2) is 0 Å². The standard InChI is InChI=1S/C18H27NO/c1-3-14-9-11-18(12-10-14)13-16(19-4-2)15-7-5-6-8-17(15)20-18/h5-8,14,16,19H,3-4,9-13H2,1-2H3. The number of hydrogen-bond acceptors (Lipinski definition) is 2. The molecule has 1 heterocycles. The van der Waals surface area contributed by atoms with E-state index in [1.165, 1.54) is 37.7 Å². The molecule has 3 rings (SSSR count). The van der Waals surface area contributed by atoms with E-state index in [0.717, 1.165) is 24.6 Å². The molecule has 1 saturated carbocycles. The summed E-state index contributed by atoms with van der Waals surface area (Å²) in [5.74, 6) is 2.03. The first-order valence-electron chi connectivity index (χ1n) is 8.27. The van der Waals surface area contributed by atoms with E-state index >= 15 is 0 Å². The zero-order valence-corrected chi connectivity index (χ0v) is 12.8. The molecule has 1 unspecified atom stereocenters. The lowest BCUT2D eigenvalue weighted by atomic mass is 9.73. The maximum Gasteiger partial charge on any atom is 0.124 e. The van der Waals surface area contributed by atoms with E-state index in [1.807, 2.05) is 0 Å². The van der Waals surface area contributed by atoms with Crippen molar-refractivity contribution in [2.75, 3.05) is 6.54 Å². The SMILES string of the molecule is CCNC1CC2(CCC(CC)CC2)Oc2ccccc21. The van der Waals surface area contributed by atoms with Crippen molar-refractivity contribution < 1.29 is 4.74 Å². The lowest BCUT2D eigenvalue weighted by Crippen LogP contribution is -2.46. The van der Waals surface area contributed by atoms with E-state index in [0.29, 0.717) is 6.04 Å². The van der Waals surface area contributed by atoms with Gasteiger partial charge in [-0.3, -0.25) is 0 Å². The van der Waals surface area contributed by atoms with Gasteiger partial charge in [-0.25, -0.2) is 0 Å². The van der Waals surface area contributed by atoms with Crippen LogP contribution in [0.15, 0.2) is 24.3 Å². The van der Waals surface area contributed by atoms with Crippen LogP contribution in [0.5, 0.6) is 5.75 Å². The van der Waals surface area contributed by atoms with Gasteiger partial charge in [0.25, 0.3) is 0 Å². The smallest absolute Gasteiger partial charge is 0.124 e. The predicted molar refractivity (Wildman–Crippen MR) is 83.1 cm³/mol. The van der Waals surface area contributed by atoms with Crippen LogP contribution in [-0.4, -0.2) is 12.1 Å². The Bertz CT molecular complexity index is 448. The van der Waals surface area contributed by atoms with Crippen molar-refractivity contribution in [2.24, 2.45) is 5.92 Å². The molecule has 1 aliphatic carbocycles. The average molecular weight is 273 g/mol. The van der Waals surface area contributed by atoms with Gasteiger partial charge in [-0.1, -0.05) is 38.5 Å². The second-order valence-corrected chi connectivity index (χ2v) is 6.49. The molecule has 0 aromatic heterocycles. The summed E-state index contributed by atoms with van der Waals surface area (Å²) >= 11 is 0. The monoisotopic (exact) mass is 273 g/mol. The molecule has 1 aromatic carbocycles. The van der Waals surface area contributed by atoms with Gasteiger partial charge in [0.2, 0.25) is 0 Å². The molecule has 2 aliphatic rings. The molecule has 0 radical (unpaired) electrons. The van der Waals surface area contributed by atoms with Crippen LogP contribution in [0.2, 0.25) is 0 Å². The van der Waals surface area contributed by atoms with Gasteiger partial charge in [-0.2, -0.15) is 0 Å². The zero-order chi connectivity index (χ0) is 14.0. The van der Waals surface area contributed by atoms with Crippen molar-refractivity contribution >= 4 is 0 Å². The minimum atomic E-state index is 0.0901. The van der Waals surface area contributed by atoms with Gasteiger partial charge < -0.3 is 10.1 Å². The highest BCUT2D eigenvalue weighted by molar-refractivity contribution is 5.39. The Hall–Kier alpha value is -1.02. The van der Waals surface area contributed by atoms with Gasteiger partial charge in [-0.15, -0.1) is 0 Å². The molecule has 1 aromatic rings. The largest absolute Gasteiger partial charge is 0.487 e.